The van der Waals surface area contributed by atoms with E-state index in [0.29, 0.717) is 11.0 Å². The summed E-state index contributed by atoms with van der Waals surface area (Å²) in [6, 6.07) is 7.72. The second-order valence-corrected chi connectivity index (χ2v) is 4.67. The number of benzene rings is 1. The summed E-state index contributed by atoms with van der Waals surface area (Å²) in [5.41, 5.74) is 0.886. The van der Waals surface area contributed by atoms with Gasteiger partial charge in [-0.05, 0) is 36.7 Å². The fourth-order valence-electron chi connectivity index (χ4n) is 1.39. The van der Waals surface area contributed by atoms with Gasteiger partial charge in [-0.2, -0.15) is 0 Å². The van der Waals surface area contributed by atoms with E-state index in [-0.39, 0.29) is 0 Å². The van der Waals surface area contributed by atoms with Crippen molar-refractivity contribution in [1.82, 2.24) is 5.32 Å². The molecule has 0 atom stereocenters. The van der Waals surface area contributed by atoms with Crippen LogP contribution >= 0.6 is 12.2 Å². The molecule has 2 N–H and O–H groups in total. The van der Waals surface area contributed by atoms with E-state index in [0.717, 1.165) is 24.4 Å². The van der Waals surface area contributed by atoms with Crippen LogP contribution in [-0.4, -0.2) is 18.8 Å². The Morgan fingerprint density at radius 2 is 2.06 bits per heavy atom. The summed E-state index contributed by atoms with van der Waals surface area (Å²) in [6.45, 7) is 5.27. The van der Waals surface area contributed by atoms with E-state index in [1.54, 1.807) is 7.11 Å². The Labute approximate surface area is 109 Å². The quantitative estimate of drug-likeness (QED) is 0.789. The Balaban J connectivity index is 2.45. The van der Waals surface area contributed by atoms with Crippen molar-refractivity contribution in [3.63, 3.8) is 0 Å². The second kappa shape index (κ2) is 7.12. The SMILES string of the molecule is COc1ccccc1NC(=S)NCCC(C)C. The number of hydrogen-bond donors (Lipinski definition) is 2. The van der Waals surface area contributed by atoms with Crippen molar-refractivity contribution in [2.24, 2.45) is 5.92 Å². The average Bonchev–Trinajstić information content (AvgIpc) is 2.29. The highest BCUT2D eigenvalue weighted by atomic mass is 32.1. The maximum absolute atomic E-state index is 5.24. The summed E-state index contributed by atoms with van der Waals surface area (Å²) in [5.74, 6) is 1.47. The molecular formula is C13H20N2OS. The van der Waals surface area contributed by atoms with Gasteiger partial charge in [0, 0.05) is 6.54 Å². The molecule has 3 nitrogen and oxygen atoms in total. The van der Waals surface area contributed by atoms with Crippen molar-refractivity contribution in [2.75, 3.05) is 19.0 Å². The molecule has 1 aromatic carbocycles. The van der Waals surface area contributed by atoms with Gasteiger partial charge in [0.25, 0.3) is 0 Å². The molecule has 0 spiro atoms. The number of ether oxygens (including phenoxy) is 1. The predicted octanol–water partition coefficient (Wildman–Crippen LogP) is 3.03. The molecule has 0 saturated carbocycles. The number of anilines is 1. The van der Waals surface area contributed by atoms with Gasteiger partial charge in [-0.1, -0.05) is 26.0 Å². The molecular weight excluding hydrogens is 232 g/mol. The van der Waals surface area contributed by atoms with Gasteiger partial charge in [0.1, 0.15) is 5.75 Å². The molecule has 1 rings (SSSR count). The maximum atomic E-state index is 5.24. The van der Waals surface area contributed by atoms with E-state index in [4.69, 9.17) is 17.0 Å². The molecule has 0 bridgehead atoms. The van der Waals surface area contributed by atoms with Gasteiger partial charge in [-0.3, -0.25) is 0 Å². The fourth-order valence-corrected chi connectivity index (χ4v) is 1.60. The Morgan fingerprint density at radius 3 is 2.71 bits per heavy atom. The topological polar surface area (TPSA) is 33.3 Å². The van der Waals surface area contributed by atoms with Gasteiger partial charge in [0.15, 0.2) is 5.11 Å². The Bertz CT molecular complexity index is 366. The molecule has 0 fully saturated rings. The maximum Gasteiger partial charge on any atom is 0.170 e. The summed E-state index contributed by atoms with van der Waals surface area (Å²) in [7, 11) is 1.65. The zero-order valence-corrected chi connectivity index (χ0v) is 11.4. The highest BCUT2D eigenvalue weighted by molar-refractivity contribution is 7.80. The molecule has 0 saturated heterocycles. The summed E-state index contributed by atoms with van der Waals surface area (Å²) < 4.78 is 5.24. The van der Waals surface area contributed by atoms with Crippen molar-refractivity contribution in [1.29, 1.82) is 0 Å². The van der Waals surface area contributed by atoms with Crippen molar-refractivity contribution in [3.05, 3.63) is 24.3 Å². The second-order valence-electron chi connectivity index (χ2n) is 4.26. The Kier molecular flexibility index (Phi) is 5.77. The third-order valence-electron chi connectivity index (χ3n) is 2.36. The van der Waals surface area contributed by atoms with Crippen LogP contribution in [0.1, 0.15) is 20.3 Å². The smallest absolute Gasteiger partial charge is 0.170 e. The molecule has 0 unspecified atom stereocenters. The highest BCUT2D eigenvalue weighted by Crippen LogP contribution is 2.22. The Morgan fingerprint density at radius 1 is 1.35 bits per heavy atom. The zero-order valence-electron chi connectivity index (χ0n) is 10.6. The largest absolute Gasteiger partial charge is 0.495 e. The van der Waals surface area contributed by atoms with Crippen molar-refractivity contribution < 1.29 is 4.74 Å². The normalized spacial score (nSPS) is 10.1. The number of para-hydroxylation sites is 2. The van der Waals surface area contributed by atoms with Crippen molar-refractivity contribution in [2.45, 2.75) is 20.3 Å². The third-order valence-corrected chi connectivity index (χ3v) is 2.61. The van der Waals surface area contributed by atoms with E-state index < -0.39 is 0 Å². The van der Waals surface area contributed by atoms with Gasteiger partial charge in [0.05, 0.1) is 12.8 Å². The number of hydrogen-bond acceptors (Lipinski definition) is 2. The standard InChI is InChI=1S/C13H20N2OS/c1-10(2)8-9-14-13(17)15-11-6-4-5-7-12(11)16-3/h4-7,10H,8-9H2,1-3H3,(H2,14,15,17). The van der Waals surface area contributed by atoms with Crippen LogP contribution in [0.4, 0.5) is 5.69 Å². The summed E-state index contributed by atoms with van der Waals surface area (Å²) in [4.78, 5) is 0. The highest BCUT2D eigenvalue weighted by Gasteiger charge is 2.03. The predicted molar refractivity (Wildman–Crippen MR) is 76.7 cm³/mol. The molecule has 4 heteroatoms. The van der Waals surface area contributed by atoms with Crippen molar-refractivity contribution in [3.8, 4) is 5.75 Å². The van der Waals surface area contributed by atoms with Gasteiger partial charge < -0.3 is 15.4 Å². The van der Waals surface area contributed by atoms with Gasteiger partial charge in [-0.25, -0.2) is 0 Å². The van der Waals surface area contributed by atoms with Crippen LogP contribution < -0.4 is 15.4 Å². The minimum atomic E-state index is 0.634. The fraction of sp³-hybridized carbons (Fsp3) is 0.462. The summed E-state index contributed by atoms with van der Waals surface area (Å²) in [6.07, 6.45) is 1.10. The lowest BCUT2D eigenvalue weighted by atomic mass is 10.1. The van der Waals surface area contributed by atoms with E-state index in [9.17, 15) is 0 Å². The van der Waals surface area contributed by atoms with Crippen LogP contribution in [0.15, 0.2) is 24.3 Å². The molecule has 0 amide bonds. The summed E-state index contributed by atoms with van der Waals surface area (Å²) >= 11 is 5.22. The first-order valence-electron chi connectivity index (χ1n) is 5.81. The zero-order chi connectivity index (χ0) is 12.7. The van der Waals surface area contributed by atoms with Gasteiger partial charge in [0.2, 0.25) is 0 Å². The van der Waals surface area contributed by atoms with Gasteiger partial charge in [-0.15, -0.1) is 0 Å². The number of nitrogens with one attached hydrogen (secondary N) is 2. The van der Waals surface area contributed by atoms with Crippen LogP contribution in [0, 0.1) is 5.92 Å². The lowest BCUT2D eigenvalue weighted by Crippen LogP contribution is -2.29. The van der Waals surface area contributed by atoms with Gasteiger partial charge >= 0.3 is 0 Å². The van der Waals surface area contributed by atoms with Crippen LogP contribution in [0.3, 0.4) is 0 Å². The van der Waals surface area contributed by atoms with E-state index in [1.165, 1.54) is 0 Å². The third kappa shape index (κ3) is 5.04. The Hall–Kier alpha value is -1.29. The van der Waals surface area contributed by atoms with Crippen molar-refractivity contribution >= 4 is 23.0 Å². The van der Waals surface area contributed by atoms with Crippen LogP contribution in [0.2, 0.25) is 0 Å². The molecule has 0 aromatic heterocycles. The molecule has 0 radical (unpaired) electrons. The average molecular weight is 252 g/mol. The lowest BCUT2D eigenvalue weighted by Gasteiger charge is -2.13. The monoisotopic (exact) mass is 252 g/mol. The van der Waals surface area contributed by atoms with Crippen LogP contribution in [0.5, 0.6) is 5.75 Å². The van der Waals surface area contributed by atoms with E-state index in [1.807, 2.05) is 24.3 Å². The first-order chi connectivity index (χ1) is 8.13. The minimum Gasteiger partial charge on any atom is -0.495 e. The number of methoxy groups -OCH3 is 1. The lowest BCUT2D eigenvalue weighted by molar-refractivity contribution is 0.417. The van der Waals surface area contributed by atoms with Crippen LogP contribution in [0.25, 0.3) is 0 Å². The molecule has 1 aromatic rings. The molecule has 0 heterocycles. The summed E-state index contributed by atoms with van der Waals surface area (Å²) in [5, 5.41) is 6.94. The number of thiocarbonyl (C=S) groups is 1. The van der Waals surface area contributed by atoms with E-state index in [2.05, 4.69) is 24.5 Å². The minimum absolute atomic E-state index is 0.634. The molecule has 0 aliphatic rings. The first kappa shape index (κ1) is 13.8. The first-order valence-corrected chi connectivity index (χ1v) is 6.22. The molecule has 94 valence electrons. The van der Waals surface area contributed by atoms with Crippen LogP contribution in [-0.2, 0) is 0 Å². The number of rotatable bonds is 5. The molecule has 17 heavy (non-hydrogen) atoms. The molecule has 0 aliphatic carbocycles. The van der Waals surface area contributed by atoms with E-state index >= 15 is 0 Å². The molecule has 0 aliphatic heterocycles.